The van der Waals surface area contributed by atoms with E-state index in [0.29, 0.717) is 17.7 Å². The maximum atomic E-state index is 11.9. The minimum atomic E-state index is -1.18. The molecule has 0 aliphatic heterocycles. The second-order valence-corrected chi connectivity index (χ2v) is 6.65. The standard InChI is InChI=1S/C16H26N2O5S/c1-10(2)11(3)14(19)18-13(16(22)23)7-5-4-6-8-24-9-12(17)15(20)21/h7,11-12H,1,4-6,8-9,17H2,2-3H3,(H,18,19)(H,20,21)(H,22,23)/b13-7+/t11?,12-/m0/s1. The lowest BCUT2D eigenvalue weighted by Crippen LogP contribution is -2.32. The molecule has 0 aromatic rings. The van der Waals surface area contributed by atoms with E-state index in [9.17, 15) is 14.4 Å². The highest BCUT2D eigenvalue weighted by molar-refractivity contribution is 7.99. The van der Waals surface area contributed by atoms with Crippen LogP contribution < -0.4 is 11.1 Å². The Kier molecular flexibility index (Phi) is 10.8. The van der Waals surface area contributed by atoms with Gasteiger partial charge in [0.2, 0.25) is 5.91 Å². The highest BCUT2D eigenvalue weighted by Crippen LogP contribution is 2.10. The van der Waals surface area contributed by atoms with Crippen molar-refractivity contribution in [1.29, 1.82) is 0 Å². The third-order valence-corrected chi connectivity index (χ3v) is 4.50. The van der Waals surface area contributed by atoms with Gasteiger partial charge in [0, 0.05) is 5.75 Å². The molecule has 8 heteroatoms. The highest BCUT2D eigenvalue weighted by atomic mass is 32.2. The maximum Gasteiger partial charge on any atom is 0.352 e. The molecule has 0 saturated heterocycles. The summed E-state index contributed by atoms with van der Waals surface area (Å²) in [6, 6.07) is -0.862. The number of carbonyl (C=O) groups is 3. The van der Waals surface area contributed by atoms with E-state index in [1.807, 2.05) is 0 Å². The average molecular weight is 358 g/mol. The summed E-state index contributed by atoms with van der Waals surface area (Å²) in [5.41, 5.74) is 5.91. The fourth-order valence-electron chi connectivity index (χ4n) is 1.53. The summed E-state index contributed by atoms with van der Waals surface area (Å²) in [6.07, 6.45) is 3.53. The molecule has 0 heterocycles. The quantitative estimate of drug-likeness (QED) is 0.237. The van der Waals surface area contributed by atoms with E-state index < -0.39 is 29.8 Å². The molecule has 0 aromatic heterocycles. The monoisotopic (exact) mass is 358 g/mol. The molecule has 136 valence electrons. The van der Waals surface area contributed by atoms with Crippen LogP contribution in [0.15, 0.2) is 23.9 Å². The van der Waals surface area contributed by atoms with E-state index in [4.69, 9.17) is 15.9 Å². The van der Waals surface area contributed by atoms with Crippen LogP contribution in [0, 0.1) is 5.92 Å². The summed E-state index contributed by atoms with van der Waals surface area (Å²) in [5, 5.41) is 20.2. The van der Waals surface area contributed by atoms with Gasteiger partial charge < -0.3 is 21.3 Å². The summed E-state index contributed by atoms with van der Waals surface area (Å²) in [4.78, 5) is 33.5. The van der Waals surface area contributed by atoms with Gasteiger partial charge in [-0.3, -0.25) is 9.59 Å². The van der Waals surface area contributed by atoms with Crippen LogP contribution in [0.25, 0.3) is 0 Å². The van der Waals surface area contributed by atoms with Crippen molar-refractivity contribution in [3.05, 3.63) is 23.9 Å². The van der Waals surface area contributed by atoms with Crippen LogP contribution in [0.5, 0.6) is 0 Å². The molecule has 24 heavy (non-hydrogen) atoms. The summed E-state index contributed by atoms with van der Waals surface area (Å²) < 4.78 is 0. The number of carboxylic acid groups (broad SMARTS) is 2. The van der Waals surface area contributed by atoms with Crippen molar-refractivity contribution in [3.63, 3.8) is 0 Å². The van der Waals surface area contributed by atoms with Crippen molar-refractivity contribution in [2.24, 2.45) is 11.7 Å². The number of thioether (sulfide) groups is 1. The van der Waals surface area contributed by atoms with Gasteiger partial charge in [-0.2, -0.15) is 11.8 Å². The number of carboxylic acids is 2. The first-order valence-corrected chi connectivity index (χ1v) is 8.78. The Morgan fingerprint density at radius 2 is 1.92 bits per heavy atom. The molecule has 1 unspecified atom stereocenters. The number of carbonyl (C=O) groups excluding carboxylic acids is 1. The predicted molar refractivity (Wildman–Crippen MR) is 94.6 cm³/mol. The molecule has 0 fully saturated rings. The molecule has 0 aromatic carbocycles. The smallest absolute Gasteiger partial charge is 0.352 e. The van der Waals surface area contributed by atoms with Gasteiger partial charge in [-0.1, -0.05) is 18.2 Å². The first-order valence-electron chi connectivity index (χ1n) is 7.62. The van der Waals surface area contributed by atoms with E-state index in [1.165, 1.54) is 17.8 Å². The minimum absolute atomic E-state index is 0.131. The van der Waals surface area contributed by atoms with Gasteiger partial charge in [0.05, 0.1) is 5.92 Å². The molecule has 0 radical (unpaired) electrons. The SMILES string of the molecule is C=C(C)C(C)C(=O)N/C(=C/CCCCSC[C@H](N)C(=O)O)C(=O)O. The molecule has 0 aliphatic rings. The Bertz CT molecular complexity index is 505. The van der Waals surface area contributed by atoms with Crippen LogP contribution in [0.1, 0.15) is 33.1 Å². The second-order valence-electron chi connectivity index (χ2n) is 5.50. The van der Waals surface area contributed by atoms with Gasteiger partial charge in [-0.15, -0.1) is 0 Å². The van der Waals surface area contributed by atoms with Gasteiger partial charge in [0.25, 0.3) is 0 Å². The second kappa shape index (κ2) is 11.7. The van der Waals surface area contributed by atoms with Crippen LogP contribution >= 0.6 is 11.8 Å². The largest absolute Gasteiger partial charge is 0.480 e. The Morgan fingerprint density at radius 1 is 1.29 bits per heavy atom. The molecule has 5 N–H and O–H groups in total. The first-order chi connectivity index (χ1) is 11.2. The van der Waals surface area contributed by atoms with Gasteiger partial charge in [-0.25, -0.2) is 4.79 Å². The number of rotatable bonds is 12. The van der Waals surface area contributed by atoms with Crippen LogP contribution in [-0.4, -0.2) is 45.6 Å². The molecule has 0 bridgehead atoms. The number of hydrogen-bond acceptors (Lipinski definition) is 5. The third kappa shape index (κ3) is 9.36. The van der Waals surface area contributed by atoms with Gasteiger partial charge in [0.15, 0.2) is 0 Å². The molecular weight excluding hydrogens is 332 g/mol. The summed E-state index contributed by atoms with van der Waals surface area (Å²) in [5.74, 6) is -1.95. The Labute approximate surface area is 146 Å². The fraction of sp³-hybridized carbons (Fsp3) is 0.562. The molecule has 2 atom stereocenters. The van der Waals surface area contributed by atoms with Crippen molar-refractivity contribution in [2.75, 3.05) is 11.5 Å². The van der Waals surface area contributed by atoms with Gasteiger partial charge >= 0.3 is 11.9 Å². The number of aliphatic carboxylic acids is 2. The van der Waals surface area contributed by atoms with Gasteiger partial charge in [-0.05, 0) is 38.9 Å². The van der Waals surface area contributed by atoms with Crippen molar-refractivity contribution >= 4 is 29.6 Å². The number of nitrogens with two attached hydrogens (primary N) is 1. The number of nitrogens with one attached hydrogen (secondary N) is 1. The Morgan fingerprint density at radius 3 is 2.42 bits per heavy atom. The molecule has 0 saturated carbocycles. The zero-order chi connectivity index (χ0) is 18.7. The van der Waals surface area contributed by atoms with Gasteiger partial charge in [0.1, 0.15) is 11.7 Å². The van der Waals surface area contributed by atoms with E-state index in [0.717, 1.165) is 18.6 Å². The van der Waals surface area contributed by atoms with Crippen LogP contribution in [0.4, 0.5) is 0 Å². The molecular formula is C16H26N2O5S. The molecule has 1 amide bonds. The average Bonchev–Trinajstić information content (AvgIpc) is 2.50. The van der Waals surface area contributed by atoms with E-state index >= 15 is 0 Å². The van der Waals surface area contributed by atoms with Crippen LogP contribution in [0.2, 0.25) is 0 Å². The number of amides is 1. The number of hydrogen-bond donors (Lipinski definition) is 4. The minimum Gasteiger partial charge on any atom is -0.480 e. The van der Waals surface area contributed by atoms with Crippen molar-refractivity contribution in [2.45, 2.75) is 39.2 Å². The highest BCUT2D eigenvalue weighted by Gasteiger charge is 2.17. The topological polar surface area (TPSA) is 130 Å². The zero-order valence-corrected chi connectivity index (χ0v) is 14.9. The molecule has 0 aliphatic carbocycles. The Balaban J connectivity index is 4.18. The lowest BCUT2D eigenvalue weighted by Gasteiger charge is -2.12. The molecule has 0 rings (SSSR count). The Hall–Kier alpha value is -1.80. The first kappa shape index (κ1) is 22.2. The van der Waals surface area contributed by atoms with Crippen molar-refractivity contribution in [1.82, 2.24) is 5.32 Å². The van der Waals surface area contributed by atoms with Crippen LogP contribution in [0.3, 0.4) is 0 Å². The molecule has 7 nitrogen and oxygen atoms in total. The summed E-state index contributed by atoms with van der Waals surface area (Å²) >= 11 is 1.45. The number of allylic oxidation sites excluding steroid dienone is 1. The predicted octanol–water partition coefficient (Wildman–Crippen LogP) is 1.60. The number of unbranched alkanes of at least 4 members (excludes halogenated alkanes) is 2. The van der Waals surface area contributed by atoms with E-state index in [1.54, 1.807) is 13.8 Å². The lowest BCUT2D eigenvalue weighted by atomic mass is 10.0. The van der Waals surface area contributed by atoms with Crippen LogP contribution in [-0.2, 0) is 14.4 Å². The van der Waals surface area contributed by atoms with Crippen molar-refractivity contribution < 1.29 is 24.6 Å². The van der Waals surface area contributed by atoms with E-state index in [2.05, 4.69) is 11.9 Å². The lowest BCUT2D eigenvalue weighted by molar-refractivity contribution is -0.138. The fourth-order valence-corrected chi connectivity index (χ4v) is 2.50. The third-order valence-electron chi connectivity index (χ3n) is 3.33. The summed E-state index contributed by atoms with van der Waals surface area (Å²) in [6.45, 7) is 7.05. The summed E-state index contributed by atoms with van der Waals surface area (Å²) in [7, 11) is 0. The normalized spacial score (nSPS) is 13.9. The zero-order valence-electron chi connectivity index (χ0n) is 14.1. The molecule has 0 spiro atoms. The van der Waals surface area contributed by atoms with E-state index in [-0.39, 0.29) is 5.70 Å². The van der Waals surface area contributed by atoms with Crippen molar-refractivity contribution in [3.8, 4) is 0 Å². The maximum absolute atomic E-state index is 11.9.